The first kappa shape index (κ1) is 16.6. The minimum atomic E-state index is -0.156. The maximum absolute atomic E-state index is 10.6. The Kier molecular flexibility index (Phi) is 11.7. The maximum atomic E-state index is 10.6. The zero-order chi connectivity index (χ0) is 13.0. The van der Waals surface area contributed by atoms with Crippen LogP contribution in [0.4, 0.5) is 5.82 Å². The van der Waals surface area contributed by atoms with Gasteiger partial charge < -0.3 is 5.32 Å². The fourth-order valence-electron chi connectivity index (χ4n) is 0.769. The van der Waals surface area contributed by atoms with Gasteiger partial charge in [0.2, 0.25) is 5.91 Å². The van der Waals surface area contributed by atoms with Gasteiger partial charge in [0.15, 0.2) is 0 Å². The zero-order valence-electron chi connectivity index (χ0n) is 10.7. The largest absolute Gasteiger partial charge is 0.311 e. The van der Waals surface area contributed by atoms with Crippen molar-refractivity contribution in [2.24, 2.45) is 0 Å². The van der Waals surface area contributed by atoms with E-state index in [4.69, 9.17) is 6.42 Å². The van der Waals surface area contributed by atoms with Crippen LogP contribution >= 0.6 is 0 Å². The molecule has 1 amide bonds. The average molecular weight is 220 g/mol. The number of anilines is 1. The van der Waals surface area contributed by atoms with Crippen LogP contribution < -0.4 is 5.32 Å². The molecule has 0 radical (unpaired) electrons. The summed E-state index contributed by atoms with van der Waals surface area (Å²) in [6.07, 6.45) is 6.72. The SMILES string of the molecule is C#Cc1ccnc(NC(C)=O)c1.CC.CC. The lowest BCUT2D eigenvalue weighted by atomic mass is 10.3. The Bertz CT molecular complexity index is 340. The fraction of sp³-hybridized carbons (Fsp3) is 0.385. The number of carbonyl (C=O) groups is 1. The predicted molar refractivity (Wildman–Crippen MR) is 69.2 cm³/mol. The minimum Gasteiger partial charge on any atom is -0.311 e. The topological polar surface area (TPSA) is 42.0 Å². The quantitative estimate of drug-likeness (QED) is 0.739. The van der Waals surface area contributed by atoms with Gasteiger partial charge in [-0.2, -0.15) is 0 Å². The summed E-state index contributed by atoms with van der Waals surface area (Å²) in [7, 11) is 0. The molecule has 1 aromatic rings. The third kappa shape index (κ3) is 7.57. The summed E-state index contributed by atoms with van der Waals surface area (Å²) in [5, 5.41) is 2.53. The number of nitrogens with one attached hydrogen (secondary N) is 1. The van der Waals surface area contributed by atoms with Crippen LogP contribution in [0.5, 0.6) is 0 Å². The molecule has 0 fully saturated rings. The third-order valence-electron chi connectivity index (χ3n) is 1.23. The molecule has 0 unspecified atom stereocenters. The molecule has 0 aliphatic heterocycles. The van der Waals surface area contributed by atoms with Crippen molar-refractivity contribution in [3.05, 3.63) is 23.9 Å². The second kappa shape index (κ2) is 11.3. The Morgan fingerprint density at radius 1 is 1.38 bits per heavy atom. The highest BCUT2D eigenvalue weighted by molar-refractivity contribution is 5.87. The molecule has 0 aliphatic rings. The molecule has 0 saturated carbocycles. The number of pyridine rings is 1. The number of nitrogens with zero attached hydrogens (tertiary/aromatic N) is 1. The molecule has 0 aromatic carbocycles. The summed E-state index contributed by atoms with van der Waals surface area (Å²) in [6, 6.07) is 3.34. The third-order valence-corrected chi connectivity index (χ3v) is 1.23. The molecule has 3 nitrogen and oxygen atoms in total. The lowest BCUT2D eigenvalue weighted by Crippen LogP contribution is -2.07. The van der Waals surface area contributed by atoms with Crippen molar-refractivity contribution in [1.29, 1.82) is 0 Å². The molecule has 88 valence electrons. The second-order valence-corrected chi connectivity index (χ2v) is 2.26. The molecule has 0 spiro atoms. The molecule has 0 bridgehead atoms. The van der Waals surface area contributed by atoms with Crippen molar-refractivity contribution in [3.8, 4) is 12.3 Å². The van der Waals surface area contributed by atoms with Crippen molar-refractivity contribution in [3.63, 3.8) is 0 Å². The highest BCUT2D eigenvalue weighted by atomic mass is 16.1. The van der Waals surface area contributed by atoms with Crippen molar-refractivity contribution in [2.75, 3.05) is 5.32 Å². The Morgan fingerprint density at radius 3 is 2.38 bits per heavy atom. The lowest BCUT2D eigenvalue weighted by Gasteiger charge is -1.99. The number of terminal acetylenes is 1. The molecule has 0 saturated heterocycles. The molecule has 3 heteroatoms. The van der Waals surface area contributed by atoms with Gasteiger partial charge in [0.25, 0.3) is 0 Å². The number of rotatable bonds is 1. The van der Waals surface area contributed by atoms with E-state index in [-0.39, 0.29) is 5.91 Å². The molecule has 1 heterocycles. The fourth-order valence-corrected chi connectivity index (χ4v) is 0.769. The van der Waals surface area contributed by atoms with Crippen molar-refractivity contribution in [1.82, 2.24) is 4.98 Å². The van der Waals surface area contributed by atoms with Crippen LogP contribution in [0.1, 0.15) is 40.2 Å². The molecular formula is C13H20N2O. The lowest BCUT2D eigenvalue weighted by molar-refractivity contribution is -0.114. The molecule has 1 aromatic heterocycles. The summed E-state index contributed by atoms with van der Waals surface area (Å²) < 4.78 is 0. The van der Waals surface area contributed by atoms with Gasteiger partial charge in [0, 0.05) is 18.7 Å². The first-order valence-electron chi connectivity index (χ1n) is 5.42. The van der Waals surface area contributed by atoms with E-state index in [2.05, 4.69) is 16.2 Å². The number of hydrogen-bond acceptors (Lipinski definition) is 2. The summed E-state index contributed by atoms with van der Waals surface area (Å²) >= 11 is 0. The van der Waals surface area contributed by atoms with Crippen LogP contribution in [-0.2, 0) is 4.79 Å². The molecule has 0 atom stereocenters. The van der Waals surface area contributed by atoms with E-state index < -0.39 is 0 Å². The van der Waals surface area contributed by atoms with E-state index in [1.54, 1.807) is 18.3 Å². The number of carbonyl (C=O) groups excluding carboxylic acids is 1. The van der Waals surface area contributed by atoms with Crippen LogP contribution in [0, 0.1) is 12.3 Å². The normalized spacial score (nSPS) is 7.25. The Balaban J connectivity index is 0. The highest BCUT2D eigenvalue weighted by Gasteiger charge is 1.96. The smallest absolute Gasteiger partial charge is 0.222 e. The van der Waals surface area contributed by atoms with E-state index in [1.165, 1.54) is 6.92 Å². The Morgan fingerprint density at radius 2 is 1.94 bits per heavy atom. The van der Waals surface area contributed by atoms with Gasteiger partial charge in [-0.1, -0.05) is 33.6 Å². The number of amides is 1. The van der Waals surface area contributed by atoms with Gasteiger partial charge in [-0.15, -0.1) is 6.42 Å². The van der Waals surface area contributed by atoms with E-state index in [1.807, 2.05) is 27.7 Å². The number of aromatic nitrogens is 1. The van der Waals surface area contributed by atoms with E-state index in [0.29, 0.717) is 11.4 Å². The van der Waals surface area contributed by atoms with Crippen molar-refractivity contribution in [2.45, 2.75) is 34.6 Å². The first-order valence-corrected chi connectivity index (χ1v) is 5.42. The molecule has 1 rings (SSSR count). The molecule has 16 heavy (non-hydrogen) atoms. The van der Waals surface area contributed by atoms with Crippen LogP contribution in [-0.4, -0.2) is 10.9 Å². The maximum Gasteiger partial charge on any atom is 0.222 e. The van der Waals surface area contributed by atoms with Crippen LogP contribution in [0.3, 0.4) is 0 Å². The molecule has 1 N–H and O–H groups in total. The van der Waals surface area contributed by atoms with Gasteiger partial charge in [0.1, 0.15) is 5.82 Å². The van der Waals surface area contributed by atoms with Gasteiger partial charge >= 0.3 is 0 Å². The zero-order valence-corrected chi connectivity index (χ0v) is 10.7. The summed E-state index contributed by atoms with van der Waals surface area (Å²) in [6.45, 7) is 9.42. The van der Waals surface area contributed by atoms with E-state index in [9.17, 15) is 4.79 Å². The molecular weight excluding hydrogens is 200 g/mol. The second-order valence-electron chi connectivity index (χ2n) is 2.26. The Hall–Kier alpha value is -1.82. The van der Waals surface area contributed by atoms with Crippen LogP contribution in [0.2, 0.25) is 0 Å². The van der Waals surface area contributed by atoms with Gasteiger partial charge in [-0.3, -0.25) is 4.79 Å². The van der Waals surface area contributed by atoms with Gasteiger partial charge in [0.05, 0.1) is 0 Å². The average Bonchev–Trinajstić information content (AvgIpc) is 2.33. The van der Waals surface area contributed by atoms with Crippen LogP contribution in [0.15, 0.2) is 18.3 Å². The van der Waals surface area contributed by atoms with Gasteiger partial charge in [-0.25, -0.2) is 4.98 Å². The standard InChI is InChI=1S/C9H8N2O.2C2H6/c1-3-8-4-5-10-9(6-8)11-7(2)12;2*1-2/h1,4-6H,2H3,(H,10,11,12);2*1-2H3. The molecule has 0 aliphatic carbocycles. The van der Waals surface area contributed by atoms with E-state index in [0.717, 1.165) is 0 Å². The van der Waals surface area contributed by atoms with Crippen LogP contribution in [0.25, 0.3) is 0 Å². The number of hydrogen-bond donors (Lipinski definition) is 1. The Labute approximate surface area is 98.3 Å². The van der Waals surface area contributed by atoms with Crippen molar-refractivity contribution >= 4 is 11.7 Å². The summed E-state index contributed by atoms with van der Waals surface area (Å²) in [5.41, 5.74) is 0.703. The summed E-state index contributed by atoms with van der Waals surface area (Å²) in [4.78, 5) is 14.5. The van der Waals surface area contributed by atoms with Crippen molar-refractivity contribution < 1.29 is 4.79 Å². The highest BCUT2D eigenvalue weighted by Crippen LogP contribution is 2.04. The monoisotopic (exact) mass is 220 g/mol. The minimum absolute atomic E-state index is 0.156. The summed E-state index contributed by atoms with van der Waals surface area (Å²) in [5.74, 6) is 2.78. The predicted octanol–water partition coefficient (Wildman–Crippen LogP) is 3.07. The van der Waals surface area contributed by atoms with E-state index >= 15 is 0 Å². The first-order chi connectivity index (χ1) is 7.72. The van der Waals surface area contributed by atoms with Gasteiger partial charge in [-0.05, 0) is 12.1 Å².